The van der Waals surface area contributed by atoms with Gasteiger partial charge in [0.15, 0.2) is 0 Å². The molecule has 0 fully saturated rings. The van der Waals surface area contributed by atoms with E-state index in [2.05, 4.69) is 48.3 Å². The minimum Gasteiger partial charge on any atom is -0.349 e. The van der Waals surface area contributed by atoms with Crippen molar-refractivity contribution in [1.82, 2.24) is 9.88 Å². The quantitative estimate of drug-likeness (QED) is 0.835. The summed E-state index contributed by atoms with van der Waals surface area (Å²) in [6.07, 6.45) is 5.51. The van der Waals surface area contributed by atoms with Gasteiger partial charge in [0.1, 0.15) is 0 Å². The fourth-order valence-electron chi connectivity index (χ4n) is 1.91. The third-order valence-corrected chi connectivity index (χ3v) is 4.16. The van der Waals surface area contributed by atoms with Crippen molar-refractivity contribution in [3.8, 4) is 0 Å². The molecule has 98 valence electrons. The summed E-state index contributed by atoms with van der Waals surface area (Å²) in [5.41, 5.74) is 1.34. The molecule has 0 bridgehead atoms. The van der Waals surface area contributed by atoms with Crippen LogP contribution in [0.2, 0.25) is 4.34 Å². The molecule has 1 atom stereocenters. The lowest BCUT2D eigenvalue weighted by Gasteiger charge is -2.11. The number of nitrogens with one attached hydrogen (secondary N) is 1. The molecule has 0 saturated carbocycles. The van der Waals surface area contributed by atoms with Crippen molar-refractivity contribution < 1.29 is 0 Å². The van der Waals surface area contributed by atoms with Gasteiger partial charge in [0.2, 0.25) is 0 Å². The molecule has 2 aromatic rings. The van der Waals surface area contributed by atoms with Gasteiger partial charge in [0.05, 0.1) is 10.9 Å². The normalized spacial score (nSPS) is 12.8. The van der Waals surface area contributed by atoms with Gasteiger partial charge in [-0.05, 0) is 43.7 Å². The molecule has 2 nitrogen and oxygen atoms in total. The van der Waals surface area contributed by atoms with Crippen molar-refractivity contribution in [2.24, 2.45) is 0 Å². The summed E-state index contributed by atoms with van der Waals surface area (Å²) in [6.45, 7) is 6.35. The van der Waals surface area contributed by atoms with Crippen LogP contribution in [0.4, 0.5) is 0 Å². The molecule has 0 aromatic carbocycles. The van der Waals surface area contributed by atoms with Crippen LogP contribution in [0, 0.1) is 0 Å². The maximum absolute atomic E-state index is 5.94. The van der Waals surface area contributed by atoms with E-state index in [0.29, 0.717) is 6.04 Å². The minimum atomic E-state index is 0.415. The van der Waals surface area contributed by atoms with Crippen LogP contribution in [-0.2, 0) is 6.54 Å². The summed E-state index contributed by atoms with van der Waals surface area (Å²) in [5, 5.41) is 3.50. The van der Waals surface area contributed by atoms with Gasteiger partial charge in [0.25, 0.3) is 0 Å². The maximum Gasteiger partial charge on any atom is 0.0931 e. The zero-order valence-electron chi connectivity index (χ0n) is 10.8. The molecule has 2 rings (SSSR count). The Morgan fingerprint density at radius 1 is 1.39 bits per heavy atom. The molecule has 2 aromatic heterocycles. The molecule has 1 unspecified atom stereocenters. The lowest BCUT2D eigenvalue weighted by Crippen LogP contribution is -2.18. The zero-order chi connectivity index (χ0) is 13.0. The van der Waals surface area contributed by atoms with Crippen molar-refractivity contribution in [2.45, 2.75) is 32.9 Å². The largest absolute Gasteiger partial charge is 0.349 e. The molecule has 0 aliphatic rings. The third kappa shape index (κ3) is 3.61. The van der Waals surface area contributed by atoms with Crippen molar-refractivity contribution in [2.75, 3.05) is 6.54 Å². The van der Waals surface area contributed by atoms with Crippen LogP contribution in [0.25, 0.3) is 0 Å². The van der Waals surface area contributed by atoms with E-state index in [0.717, 1.165) is 17.4 Å². The van der Waals surface area contributed by atoms with Crippen LogP contribution in [0.1, 0.15) is 36.8 Å². The topological polar surface area (TPSA) is 17.0 Å². The SMILES string of the molecule is CCCNC(C)c1ccn(Cc2ccc(Cl)s2)c1. The summed E-state index contributed by atoms with van der Waals surface area (Å²) < 4.78 is 3.07. The molecular weight excluding hydrogens is 264 g/mol. The number of rotatable bonds is 6. The first kappa shape index (κ1) is 13.7. The van der Waals surface area contributed by atoms with Crippen LogP contribution in [0.15, 0.2) is 30.6 Å². The highest BCUT2D eigenvalue weighted by atomic mass is 35.5. The van der Waals surface area contributed by atoms with Gasteiger partial charge in [-0.3, -0.25) is 0 Å². The summed E-state index contributed by atoms with van der Waals surface area (Å²) >= 11 is 7.58. The third-order valence-electron chi connectivity index (χ3n) is 2.94. The van der Waals surface area contributed by atoms with Crippen LogP contribution in [0.3, 0.4) is 0 Å². The molecule has 0 spiro atoms. The predicted molar refractivity (Wildman–Crippen MR) is 79.6 cm³/mol. The smallest absolute Gasteiger partial charge is 0.0931 e. The van der Waals surface area contributed by atoms with Crippen LogP contribution < -0.4 is 5.32 Å². The van der Waals surface area contributed by atoms with Crippen molar-refractivity contribution in [1.29, 1.82) is 0 Å². The molecule has 0 aliphatic heterocycles. The molecule has 2 heterocycles. The van der Waals surface area contributed by atoms with Crippen molar-refractivity contribution in [3.63, 3.8) is 0 Å². The van der Waals surface area contributed by atoms with E-state index in [1.807, 2.05) is 6.07 Å². The molecule has 0 radical (unpaired) electrons. The fraction of sp³-hybridized carbons (Fsp3) is 0.429. The highest BCUT2D eigenvalue weighted by molar-refractivity contribution is 7.16. The van der Waals surface area contributed by atoms with Gasteiger partial charge in [-0.2, -0.15) is 0 Å². The Labute approximate surface area is 118 Å². The second kappa shape index (κ2) is 6.41. The molecule has 0 saturated heterocycles. The first-order valence-corrected chi connectivity index (χ1v) is 7.51. The molecule has 4 heteroatoms. The van der Waals surface area contributed by atoms with E-state index in [1.165, 1.54) is 16.9 Å². The number of hydrogen-bond acceptors (Lipinski definition) is 2. The van der Waals surface area contributed by atoms with Gasteiger partial charge in [-0.15, -0.1) is 11.3 Å². The number of halogens is 1. The first-order chi connectivity index (χ1) is 8.69. The minimum absolute atomic E-state index is 0.415. The van der Waals surface area contributed by atoms with Gasteiger partial charge in [-0.25, -0.2) is 0 Å². The lowest BCUT2D eigenvalue weighted by molar-refractivity contribution is 0.569. The standard InChI is InChI=1S/C14H19ClN2S/c1-3-7-16-11(2)12-6-8-17(9-12)10-13-4-5-14(15)18-13/h4-6,8-9,11,16H,3,7,10H2,1-2H3. The average Bonchev–Trinajstić information content (AvgIpc) is 2.96. The Morgan fingerprint density at radius 3 is 2.89 bits per heavy atom. The van der Waals surface area contributed by atoms with Crippen LogP contribution in [-0.4, -0.2) is 11.1 Å². The van der Waals surface area contributed by atoms with Crippen molar-refractivity contribution in [3.05, 3.63) is 45.4 Å². The van der Waals surface area contributed by atoms with Crippen molar-refractivity contribution >= 4 is 22.9 Å². The summed E-state index contributed by atoms with van der Waals surface area (Å²) in [5.74, 6) is 0. The summed E-state index contributed by atoms with van der Waals surface area (Å²) in [6, 6.07) is 6.64. The molecule has 18 heavy (non-hydrogen) atoms. The second-order valence-corrected chi connectivity index (χ2v) is 6.30. The average molecular weight is 283 g/mol. The van der Waals surface area contributed by atoms with Crippen LogP contribution in [0.5, 0.6) is 0 Å². The second-order valence-electron chi connectivity index (χ2n) is 4.50. The lowest BCUT2D eigenvalue weighted by atomic mass is 10.2. The fourth-order valence-corrected chi connectivity index (χ4v) is 3.01. The van der Waals surface area contributed by atoms with E-state index in [-0.39, 0.29) is 0 Å². The van der Waals surface area contributed by atoms with E-state index in [4.69, 9.17) is 11.6 Å². The van der Waals surface area contributed by atoms with E-state index in [1.54, 1.807) is 11.3 Å². The highest BCUT2D eigenvalue weighted by Gasteiger charge is 2.06. The number of nitrogens with zero attached hydrogens (tertiary/aromatic N) is 1. The Kier molecular flexibility index (Phi) is 4.87. The van der Waals surface area contributed by atoms with Gasteiger partial charge in [0, 0.05) is 23.3 Å². The Morgan fingerprint density at radius 2 is 2.22 bits per heavy atom. The Balaban J connectivity index is 1.97. The number of hydrogen-bond donors (Lipinski definition) is 1. The van der Waals surface area contributed by atoms with Crippen LogP contribution >= 0.6 is 22.9 Å². The van der Waals surface area contributed by atoms with E-state index < -0.39 is 0 Å². The van der Waals surface area contributed by atoms with Gasteiger partial charge in [-0.1, -0.05) is 18.5 Å². The highest BCUT2D eigenvalue weighted by Crippen LogP contribution is 2.23. The monoisotopic (exact) mass is 282 g/mol. The summed E-state index contributed by atoms with van der Waals surface area (Å²) in [7, 11) is 0. The summed E-state index contributed by atoms with van der Waals surface area (Å²) in [4.78, 5) is 1.29. The number of aromatic nitrogens is 1. The maximum atomic E-state index is 5.94. The van der Waals surface area contributed by atoms with E-state index >= 15 is 0 Å². The Hall–Kier alpha value is -0.770. The first-order valence-electron chi connectivity index (χ1n) is 6.32. The molecule has 0 amide bonds. The van der Waals surface area contributed by atoms with Gasteiger partial charge >= 0.3 is 0 Å². The van der Waals surface area contributed by atoms with Gasteiger partial charge < -0.3 is 9.88 Å². The Bertz CT molecular complexity index is 489. The van der Waals surface area contributed by atoms with E-state index in [9.17, 15) is 0 Å². The molecular formula is C14H19ClN2S. The molecule has 1 N–H and O–H groups in total. The zero-order valence-corrected chi connectivity index (χ0v) is 12.4. The predicted octanol–water partition coefficient (Wildman–Crippen LogP) is 4.31. The number of thiophene rings is 1. The molecule has 0 aliphatic carbocycles.